The van der Waals surface area contributed by atoms with Crippen molar-refractivity contribution in [3.63, 3.8) is 0 Å². The Labute approximate surface area is 120 Å². The van der Waals surface area contributed by atoms with Crippen LogP contribution < -0.4 is 0 Å². The van der Waals surface area contributed by atoms with Gasteiger partial charge in [-0.25, -0.2) is 4.98 Å². The molecule has 21 heavy (non-hydrogen) atoms. The van der Waals surface area contributed by atoms with Crippen LogP contribution >= 0.6 is 0 Å². The number of ether oxygens (including phenoxy) is 2. The van der Waals surface area contributed by atoms with E-state index < -0.39 is 37.3 Å². The Kier molecular flexibility index (Phi) is 5.26. The van der Waals surface area contributed by atoms with E-state index in [9.17, 15) is 15.3 Å². The van der Waals surface area contributed by atoms with Crippen LogP contribution in [0.4, 0.5) is 0 Å². The molecule has 1 fully saturated rings. The van der Waals surface area contributed by atoms with Crippen LogP contribution in [0.5, 0.6) is 0 Å². The van der Waals surface area contributed by atoms with Crippen molar-refractivity contribution in [1.82, 2.24) is 9.97 Å². The van der Waals surface area contributed by atoms with E-state index in [0.29, 0.717) is 6.42 Å². The van der Waals surface area contributed by atoms with Crippen LogP contribution in [-0.2, 0) is 15.9 Å². The van der Waals surface area contributed by atoms with E-state index in [-0.39, 0.29) is 12.3 Å². The molecule has 0 saturated carbocycles. The zero-order valence-corrected chi connectivity index (χ0v) is 11.2. The first-order chi connectivity index (χ1) is 10.0. The molecular weight excluding hydrogens is 282 g/mol. The lowest BCUT2D eigenvalue weighted by molar-refractivity contribution is -0.281. The summed E-state index contributed by atoms with van der Waals surface area (Å²) in [5, 5.41) is 45.7. The van der Waals surface area contributed by atoms with Gasteiger partial charge in [-0.1, -0.05) is 0 Å². The molecule has 0 spiro atoms. The SMILES string of the molecule is N=C(CCc1cnc[nH]1)O[C@@H]1O[C@H](CO)[C@@H](O)[C@H](O)[C@H]1O. The highest BCUT2D eigenvalue weighted by atomic mass is 16.7. The molecule has 2 rings (SSSR count). The van der Waals surface area contributed by atoms with E-state index in [0.717, 1.165) is 5.69 Å². The second-order valence-corrected chi connectivity index (χ2v) is 4.82. The summed E-state index contributed by atoms with van der Waals surface area (Å²) in [7, 11) is 0. The number of nitrogens with one attached hydrogen (secondary N) is 2. The van der Waals surface area contributed by atoms with Crippen LogP contribution in [0.1, 0.15) is 12.1 Å². The van der Waals surface area contributed by atoms with Crippen molar-refractivity contribution in [1.29, 1.82) is 5.41 Å². The lowest BCUT2D eigenvalue weighted by Crippen LogP contribution is -2.59. The van der Waals surface area contributed by atoms with Gasteiger partial charge in [0.1, 0.15) is 24.4 Å². The highest BCUT2D eigenvalue weighted by molar-refractivity contribution is 5.72. The topological polar surface area (TPSA) is 152 Å². The quantitative estimate of drug-likeness (QED) is 0.275. The van der Waals surface area contributed by atoms with Crippen LogP contribution in [0, 0.1) is 5.41 Å². The van der Waals surface area contributed by atoms with Crippen molar-refractivity contribution in [2.75, 3.05) is 6.61 Å². The molecule has 1 saturated heterocycles. The summed E-state index contributed by atoms with van der Waals surface area (Å²) in [4.78, 5) is 6.73. The molecule has 9 nitrogen and oxygen atoms in total. The fourth-order valence-electron chi connectivity index (χ4n) is 2.03. The zero-order valence-electron chi connectivity index (χ0n) is 11.2. The van der Waals surface area contributed by atoms with Crippen LogP contribution in [0.15, 0.2) is 12.5 Å². The van der Waals surface area contributed by atoms with Crippen LogP contribution in [0.25, 0.3) is 0 Å². The number of hydrogen-bond acceptors (Lipinski definition) is 8. The van der Waals surface area contributed by atoms with Gasteiger partial charge in [0, 0.05) is 18.3 Å². The lowest BCUT2D eigenvalue weighted by atomic mass is 9.99. The van der Waals surface area contributed by atoms with Gasteiger partial charge in [-0.3, -0.25) is 5.41 Å². The van der Waals surface area contributed by atoms with Gasteiger partial charge in [0.15, 0.2) is 5.90 Å². The van der Waals surface area contributed by atoms with Crippen molar-refractivity contribution >= 4 is 5.90 Å². The summed E-state index contributed by atoms with van der Waals surface area (Å²) in [6.07, 6.45) is -2.92. The van der Waals surface area contributed by atoms with E-state index in [2.05, 4.69) is 9.97 Å². The molecule has 0 bridgehead atoms. The van der Waals surface area contributed by atoms with Crippen molar-refractivity contribution in [3.05, 3.63) is 18.2 Å². The fraction of sp³-hybridized carbons (Fsp3) is 0.667. The molecule has 0 aromatic carbocycles. The molecule has 0 amide bonds. The minimum atomic E-state index is -1.51. The van der Waals surface area contributed by atoms with Gasteiger partial charge in [-0.15, -0.1) is 0 Å². The van der Waals surface area contributed by atoms with Gasteiger partial charge in [0.2, 0.25) is 6.29 Å². The molecule has 1 aliphatic rings. The predicted molar refractivity (Wildman–Crippen MR) is 69.5 cm³/mol. The number of aromatic amines is 1. The van der Waals surface area contributed by atoms with Crippen molar-refractivity contribution < 1.29 is 29.9 Å². The zero-order chi connectivity index (χ0) is 15.4. The van der Waals surface area contributed by atoms with E-state index in [4.69, 9.17) is 20.0 Å². The van der Waals surface area contributed by atoms with Gasteiger partial charge >= 0.3 is 0 Å². The second kappa shape index (κ2) is 6.96. The second-order valence-electron chi connectivity index (χ2n) is 4.82. The highest BCUT2D eigenvalue weighted by Crippen LogP contribution is 2.22. The molecule has 2 heterocycles. The molecule has 0 unspecified atom stereocenters. The van der Waals surface area contributed by atoms with Gasteiger partial charge in [-0.2, -0.15) is 0 Å². The number of nitrogens with zero attached hydrogens (tertiary/aromatic N) is 1. The molecule has 6 N–H and O–H groups in total. The first-order valence-corrected chi connectivity index (χ1v) is 6.54. The van der Waals surface area contributed by atoms with Crippen LogP contribution in [-0.4, -0.2) is 73.6 Å². The molecule has 1 aromatic heterocycles. The normalized spacial score (nSPS) is 32.9. The summed E-state index contributed by atoms with van der Waals surface area (Å²) < 4.78 is 10.3. The Morgan fingerprint density at radius 3 is 2.71 bits per heavy atom. The third kappa shape index (κ3) is 3.77. The largest absolute Gasteiger partial charge is 0.449 e. The number of aromatic nitrogens is 2. The van der Waals surface area contributed by atoms with Gasteiger partial charge < -0.3 is 34.9 Å². The molecule has 9 heteroatoms. The van der Waals surface area contributed by atoms with E-state index >= 15 is 0 Å². The summed E-state index contributed by atoms with van der Waals surface area (Å²) in [6.45, 7) is -0.535. The average molecular weight is 301 g/mol. The Hall–Kier alpha value is -1.52. The van der Waals surface area contributed by atoms with E-state index in [1.165, 1.54) is 6.33 Å². The van der Waals surface area contributed by atoms with Crippen LogP contribution in [0.2, 0.25) is 0 Å². The standard InChI is InChI=1S/C12H19N3O6/c13-8(2-1-6-3-14-5-15-6)21-12-11(19)10(18)9(17)7(4-16)20-12/h3,5,7,9-13,16-19H,1-2,4H2,(H,14,15)/t7-,9-,10+,11-,12+/m1/s1. The molecular formula is C12H19N3O6. The first-order valence-electron chi connectivity index (χ1n) is 6.54. The summed E-state index contributed by atoms with van der Waals surface area (Å²) >= 11 is 0. The van der Waals surface area contributed by atoms with Crippen molar-refractivity contribution in [2.24, 2.45) is 0 Å². The molecule has 1 aliphatic heterocycles. The van der Waals surface area contributed by atoms with E-state index in [1.807, 2.05) is 0 Å². The van der Waals surface area contributed by atoms with Crippen molar-refractivity contribution in [2.45, 2.75) is 43.5 Å². The maximum absolute atomic E-state index is 9.77. The summed E-state index contributed by atoms with van der Waals surface area (Å²) in [5.41, 5.74) is 0.831. The number of aliphatic hydroxyl groups is 4. The molecule has 1 aromatic rings. The minimum Gasteiger partial charge on any atom is -0.449 e. The minimum absolute atomic E-state index is 0.145. The molecule has 0 radical (unpaired) electrons. The third-order valence-electron chi connectivity index (χ3n) is 3.28. The Morgan fingerprint density at radius 1 is 1.33 bits per heavy atom. The highest BCUT2D eigenvalue weighted by Gasteiger charge is 2.44. The van der Waals surface area contributed by atoms with Gasteiger partial charge in [0.25, 0.3) is 0 Å². The fourth-order valence-corrected chi connectivity index (χ4v) is 2.03. The molecule has 118 valence electrons. The number of aryl methyl sites for hydroxylation is 1. The summed E-state index contributed by atoms with van der Waals surface area (Å²) in [5.74, 6) is -0.145. The Bertz CT molecular complexity index is 452. The van der Waals surface area contributed by atoms with E-state index in [1.54, 1.807) is 6.20 Å². The van der Waals surface area contributed by atoms with Crippen LogP contribution in [0.3, 0.4) is 0 Å². The number of aliphatic hydroxyl groups excluding tert-OH is 4. The average Bonchev–Trinajstić information content (AvgIpc) is 2.99. The Morgan fingerprint density at radius 2 is 2.10 bits per heavy atom. The maximum atomic E-state index is 9.77. The molecule has 0 aliphatic carbocycles. The predicted octanol–water partition coefficient (Wildman–Crippen LogP) is -1.86. The van der Waals surface area contributed by atoms with Gasteiger partial charge in [-0.05, 0) is 6.42 Å². The lowest BCUT2D eigenvalue weighted by Gasteiger charge is -2.39. The number of rotatable bonds is 5. The number of hydrogen-bond donors (Lipinski definition) is 6. The Balaban J connectivity index is 1.87. The molecule has 5 atom stereocenters. The first kappa shape index (κ1) is 15.9. The van der Waals surface area contributed by atoms with Crippen molar-refractivity contribution in [3.8, 4) is 0 Å². The van der Waals surface area contributed by atoms with Gasteiger partial charge in [0.05, 0.1) is 12.9 Å². The third-order valence-corrected chi connectivity index (χ3v) is 3.28. The smallest absolute Gasteiger partial charge is 0.230 e. The maximum Gasteiger partial charge on any atom is 0.230 e. The summed E-state index contributed by atoms with van der Waals surface area (Å²) in [6, 6.07) is 0. The monoisotopic (exact) mass is 301 g/mol. The number of H-pyrrole nitrogens is 1. The number of imidazole rings is 1.